The Morgan fingerprint density at radius 2 is 1.71 bits per heavy atom. The lowest BCUT2D eigenvalue weighted by atomic mass is 10.1. The first-order valence-electron chi connectivity index (χ1n) is 15.3. The molecule has 0 unspecified atom stereocenters. The Morgan fingerprint density at radius 3 is 2.38 bits per heavy atom. The van der Waals surface area contributed by atoms with Gasteiger partial charge in [-0.2, -0.15) is 0 Å². The van der Waals surface area contributed by atoms with Gasteiger partial charge in [0.05, 0.1) is 31.2 Å². The fourth-order valence-electron chi connectivity index (χ4n) is 5.13. The van der Waals surface area contributed by atoms with Crippen LogP contribution in [-0.4, -0.2) is 72.1 Å². The van der Waals surface area contributed by atoms with Crippen LogP contribution >= 0.6 is 11.3 Å². The third-order valence-electron chi connectivity index (χ3n) is 7.32. The van der Waals surface area contributed by atoms with Crippen molar-refractivity contribution in [1.82, 2.24) is 30.4 Å². The number of amides is 2. The summed E-state index contributed by atoms with van der Waals surface area (Å²) in [5, 5.41) is 5.82. The van der Waals surface area contributed by atoms with E-state index in [1.54, 1.807) is 16.2 Å². The van der Waals surface area contributed by atoms with Crippen LogP contribution in [-0.2, 0) is 16.1 Å². The zero-order chi connectivity index (χ0) is 32.3. The highest BCUT2D eigenvalue weighted by atomic mass is 32.1. The van der Waals surface area contributed by atoms with Gasteiger partial charge in [-0.3, -0.25) is 9.69 Å². The highest BCUT2D eigenvalue weighted by molar-refractivity contribution is 7.18. The average Bonchev–Trinajstić information content (AvgIpc) is 3.69. The lowest BCUT2D eigenvalue weighted by molar-refractivity contribution is -0.129. The van der Waals surface area contributed by atoms with E-state index >= 15 is 0 Å². The first kappa shape index (κ1) is 33.5. The molecular weight excluding hydrogens is 584 g/mol. The van der Waals surface area contributed by atoms with Crippen LogP contribution in [0.1, 0.15) is 45.0 Å². The van der Waals surface area contributed by atoms with Crippen LogP contribution in [0.15, 0.2) is 72.9 Å². The van der Waals surface area contributed by atoms with Crippen molar-refractivity contribution in [3.8, 4) is 20.9 Å². The fraction of sp³-hybridized carbons (Fsp3) is 0.343. The number of thiophene rings is 1. The van der Waals surface area contributed by atoms with E-state index < -0.39 is 6.09 Å². The Balaban J connectivity index is 1.40. The third-order valence-corrected chi connectivity index (χ3v) is 8.51. The van der Waals surface area contributed by atoms with E-state index in [1.165, 1.54) is 22.4 Å². The Kier molecular flexibility index (Phi) is 11.9. The van der Waals surface area contributed by atoms with E-state index in [4.69, 9.17) is 4.98 Å². The van der Waals surface area contributed by atoms with Crippen molar-refractivity contribution in [2.75, 3.05) is 40.3 Å². The number of allylic oxidation sites excluding steroid dienone is 1. The number of aromatic nitrogens is 2. The second-order valence-corrected chi connectivity index (χ2v) is 12.1. The van der Waals surface area contributed by atoms with Gasteiger partial charge < -0.3 is 25.3 Å². The zero-order valence-corrected chi connectivity index (χ0v) is 27.7. The number of imidazole rings is 1. The van der Waals surface area contributed by atoms with Gasteiger partial charge in [0.2, 0.25) is 5.91 Å². The molecule has 0 aliphatic rings. The average molecular weight is 629 g/mol. The van der Waals surface area contributed by atoms with Gasteiger partial charge >= 0.3 is 6.09 Å². The Bertz CT molecular complexity index is 1640. The minimum atomic E-state index is -0.634. The molecule has 45 heavy (non-hydrogen) atoms. The van der Waals surface area contributed by atoms with Crippen LogP contribution in [0.5, 0.6) is 0 Å². The molecule has 2 aromatic carbocycles. The largest absolute Gasteiger partial charge is 0.453 e. The molecule has 0 aliphatic heterocycles. The van der Waals surface area contributed by atoms with Crippen LogP contribution in [0.25, 0.3) is 37.6 Å². The molecule has 10 heteroatoms. The predicted molar refractivity (Wildman–Crippen MR) is 185 cm³/mol. The lowest BCUT2D eigenvalue weighted by Crippen LogP contribution is -2.42. The number of H-pyrrole nitrogens is 1. The van der Waals surface area contributed by atoms with Gasteiger partial charge in [-0.25, -0.2) is 9.78 Å². The van der Waals surface area contributed by atoms with Crippen molar-refractivity contribution in [3.63, 3.8) is 0 Å². The molecule has 2 aromatic heterocycles. The lowest BCUT2D eigenvalue weighted by Gasteiger charge is -2.24. The van der Waals surface area contributed by atoms with Gasteiger partial charge in [-0.1, -0.05) is 56.8 Å². The van der Waals surface area contributed by atoms with Crippen LogP contribution in [0, 0.1) is 0 Å². The molecule has 4 rings (SSSR count). The molecule has 0 aliphatic carbocycles. The minimum Gasteiger partial charge on any atom is -0.453 e. The molecule has 2 amide bonds. The van der Waals surface area contributed by atoms with Gasteiger partial charge in [-0.05, 0) is 74.3 Å². The summed E-state index contributed by atoms with van der Waals surface area (Å²) in [5.41, 5.74) is 6.97. The number of benzene rings is 2. The number of aromatic amines is 1. The van der Waals surface area contributed by atoms with E-state index in [9.17, 15) is 9.59 Å². The molecule has 0 spiro atoms. The summed E-state index contributed by atoms with van der Waals surface area (Å²) >= 11 is 1.77. The number of hydrogen-bond donors (Lipinski definition) is 3. The Labute approximate surface area is 270 Å². The van der Waals surface area contributed by atoms with E-state index in [1.807, 2.05) is 19.9 Å². The second-order valence-electron chi connectivity index (χ2n) is 11.0. The number of nitrogens with zero attached hydrogens (tertiary/aromatic N) is 3. The predicted octanol–water partition coefficient (Wildman–Crippen LogP) is 6.86. The number of alkyl carbamates (subject to hydrolysis) is 1. The van der Waals surface area contributed by atoms with Crippen molar-refractivity contribution in [2.24, 2.45) is 0 Å². The number of nitrogens with one attached hydrogen (secondary N) is 3. The highest BCUT2D eigenvalue weighted by Gasteiger charge is 2.16. The molecular formula is C35H44N6O3S. The maximum Gasteiger partial charge on any atom is 0.407 e. The normalized spacial score (nSPS) is 11.6. The van der Waals surface area contributed by atoms with Crippen molar-refractivity contribution in [1.29, 1.82) is 0 Å². The SMILES string of the molecule is C=C(CN(CCC)C(=O)CNC(=O)OC)N/C(=C\C)c1ccc(-c2ccc(-c3ccc4nc(CN(C)CCC)[nH]c4c3)s2)cc1. The maximum absolute atomic E-state index is 12.7. The molecule has 4 aromatic rings. The Hall–Kier alpha value is -4.41. The van der Waals surface area contributed by atoms with Crippen molar-refractivity contribution >= 4 is 40.1 Å². The maximum atomic E-state index is 12.7. The van der Waals surface area contributed by atoms with Crippen LogP contribution in [0.3, 0.4) is 0 Å². The minimum absolute atomic E-state index is 0.127. The molecule has 0 fully saturated rings. The van der Waals surface area contributed by atoms with E-state index in [-0.39, 0.29) is 12.5 Å². The third kappa shape index (κ3) is 9.06. The number of methoxy groups -OCH3 is 1. The van der Waals surface area contributed by atoms with Gasteiger partial charge in [0, 0.05) is 27.7 Å². The summed E-state index contributed by atoms with van der Waals surface area (Å²) in [5.74, 6) is 0.791. The van der Waals surface area contributed by atoms with Crippen LogP contribution in [0.2, 0.25) is 0 Å². The topological polar surface area (TPSA) is 103 Å². The summed E-state index contributed by atoms with van der Waals surface area (Å²) in [4.78, 5) is 38.7. The first-order valence-corrected chi connectivity index (χ1v) is 16.1. The molecule has 9 nitrogen and oxygen atoms in total. The smallest absolute Gasteiger partial charge is 0.407 e. The van der Waals surface area contributed by atoms with Crippen molar-refractivity contribution in [2.45, 2.75) is 40.2 Å². The Morgan fingerprint density at radius 1 is 1.02 bits per heavy atom. The first-order chi connectivity index (χ1) is 21.7. The summed E-state index contributed by atoms with van der Waals surface area (Å²) in [6.07, 6.45) is 3.27. The molecule has 0 saturated heterocycles. The molecule has 0 radical (unpaired) electrons. The van der Waals surface area contributed by atoms with E-state index in [0.29, 0.717) is 18.8 Å². The quantitative estimate of drug-likeness (QED) is 0.133. The second kappa shape index (κ2) is 16.1. The number of fused-ring (bicyclic) bond motifs is 1. The molecule has 2 heterocycles. The summed E-state index contributed by atoms with van der Waals surface area (Å²) < 4.78 is 4.56. The monoisotopic (exact) mass is 628 g/mol. The molecule has 0 bridgehead atoms. The van der Waals surface area contributed by atoms with Crippen molar-refractivity contribution in [3.05, 3.63) is 84.3 Å². The van der Waals surface area contributed by atoms with Gasteiger partial charge in [0.1, 0.15) is 12.4 Å². The molecule has 0 atom stereocenters. The van der Waals surface area contributed by atoms with Crippen LogP contribution < -0.4 is 10.6 Å². The number of rotatable bonds is 15. The van der Waals surface area contributed by atoms with Gasteiger partial charge in [0.25, 0.3) is 0 Å². The summed E-state index contributed by atoms with van der Waals surface area (Å²) in [6, 6.07) is 19.2. The van der Waals surface area contributed by atoms with E-state index in [0.717, 1.165) is 59.6 Å². The summed E-state index contributed by atoms with van der Waals surface area (Å²) in [6.45, 7) is 12.9. The van der Waals surface area contributed by atoms with E-state index in [2.05, 4.69) is 100 Å². The highest BCUT2D eigenvalue weighted by Crippen LogP contribution is 2.35. The van der Waals surface area contributed by atoms with Gasteiger partial charge in [0.15, 0.2) is 0 Å². The number of carbonyl (C=O) groups is 2. The fourth-order valence-corrected chi connectivity index (χ4v) is 6.14. The number of carbonyl (C=O) groups excluding carboxylic acids is 2. The van der Waals surface area contributed by atoms with Crippen molar-refractivity contribution < 1.29 is 14.3 Å². The molecule has 238 valence electrons. The van der Waals surface area contributed by atoms with Gasteiger partial charge in [-0.15, -0.1) is 11.3 Å². The van der Waals surface area contributed by atoms with Crippen LogP contribution in [0.4, 0.5) is 4.79 Å². The summed E-state index contributed by atoms with van der Waals surface area (Å²) in [7, 11) is 3.39. The molecule has 3 N–H and O–H groups in total. The standard InChI is InChI=1S/C35H44N6O3S/c1-7-18-40(5)23-33-38-29-15-14-27(20-30(29)39-33)32-17-16-31(45-32)26-12-10-25(11-13-26)28(9-3)37-24(4)22-41(19-8-2)34(42)21-36-35(43)44-6/h9-17,20,37H,4,7-8,18-19,21-23H2,1-3,5-6H3,(H,36,43)(H,38,39)/b28-9-. The zero-order valence-electron chi connectivity index (χ0n) is 26.9. The number of hydrogen-bond acceptors (Lipinski definition) is 7. The number of ether oxygens (including phenoxy) is 1. The molecule has 0 saturated carbocycles.